The number of rotatable bonds is 10. The molecule has 35 heavy (non-hydrogen) atoms. The van der Waals surface area contributed by atoms with Crippen LogP contribution in [-0.4, -0.2) is 85.7 Å². The lowest BCUT2D eigenvalue weighted by atomic mass is 10.0. The van der Waals surface area contributed by atoms with E-state index >= 15 is 0 Å². The molecular weight excluding hydrogens is 455 g/mol. The Kier molecular flexibility index (Phi) is 9.55. The number of amides is 2. The minimum Gasteiger partial charge on any atom is -0.453 e. The molecule has 0 unspecified atom stereocenters. The normalized spacial score (nSPS) is 20.0. The number of halogens is 1. The van der Waals surface area contributed by atoms with E-state index in [9.17, 15) is 14.0 Å². The van der Waals surface area contributed by atoms with Crippen molar-refractivity contribution in [2.75, 3.05) is 39.9 Å². The summed E-state index contributed by atoms with van der Waals surface area (Å²) < 4.78 is 24.9. The number of aromatic nitrogens is 1. The Morgan fingerprint density at radius 1 is 1.46 bits per heavy atom. The number of methoxy groups -OCH3 is 1. The molecular formula is C24H35FN6O4. The molecule has 192 valence electrons. The largest absolute Gasteiger partial charge is 0.453 e. The Morgan fingerprint density at radius 3 is 2.86 bits per heavy atom. The predicted molar refractivity (Wildman–Crippen MR) is 129 cm³/mol. The summed E-state index contributed by atoms with van der Waals surface area (Å²) in [5.41, 5.74) is 7.98. The number of aliphatic imine (C=N–C) groups is 1. The Morgan fingerprint density at radius 2 is 2.23 bits per heavy atom. The van der Waals surface area contributed by atoms with Crippen LogP contribution in [0.5, 0.6) is 0 Å². The van der Waals surface area contributed by atoms with Crippen LogP contribution in [0.25, 0.3) is 0 Å². The summed E-state index contributed by atoms with van der Waals surface area (Å²) in [5, 5.41) is 5.78. The molecule has 0 aromatic carbocycles. The van der Waals surface area contributed by atoms with Gasteiger partial charge < -0.3 is 30.7 Å². The van der Waals surface area contributed by atoms with Crippen LogP contribution >= 0.6 is 0 Å². The highest BCUT2D eigenvalue weighted by atomic mass is 19.1. The van der Waals surface area contributed by atoms with E-state index < -0.39 is 24.1 Å². The van der Waals surface area contributed by atoms with Crippen molar-refractivity contribution >= 4 is 17.7 Å². The summed E-state index contributed by atoms with van der Waals surface area (Å²) in [6, 6.07) is 2.49. The number of nitrogens with two attached hydrogens (primary N) is 1. The summed E-state index contributed by atoms with van der Waals surface area (Å²) in [5.74, 6) is -0.616. The molecule has 1 aromatic rings. The third-order valence-electron chi connectivity index (χ3n) is 6.10. The summed E-state index contributed by atoms with van der Waals surface area (Å²) in [7, 11) is 1.29. The van der Waals surface area contributed by atoms with E-state index in [1.165, 1.54) is 25.4 Å². The Labute approximate surface area is 205 Å². The second-order valence-corrected chi connectivity index (χ2v) is 8.63. The molecule has 0 radical (unpaired) electrons. The van der Waals surface area contributed by atoms with Gasteiger partial charge in [0.05, 0.1) is 25.5 Å². The van der Waals surface area contributed by atoms with E-state index in [1.807, 2.05) is 6.92 Å². The predicted octanol–water partition coefficient (Wildman–Crippen LogP) is 1.36. The van der Waals surface area contributed by atoms with Crippen LogP contribution < -0.4 is 16.4 Å². The fraction of sp³-hybridized carbons (Fsp3) is 0.583. The average Bonchev–Trinajstić information content (AvgIpc) is 3.71. The highest BCUT2D eigenvalue weighted by Gasteiger charge is 2.40. The van der Waals surface area contributed by atoms with Crippen molar-refractivity contribution in [1.82, 2.24) is 20.5 Å². The number of hydrogen-bond donors (Lipinski definition) is 3. The van der Waals surface area contributed by atoms with Crippen molar-refractivity contribution < 1.29 is 23.5 Å². The van der Waals surface area contributed by atoms with Crippen LogP contribution in [0, 0.1) is 5.82 Å². The maximum absolute atomic E-state index is 14.7. The minimum atomic E-state index is -0.552. The standard InChI is InChI=1S/C24H35FN6O4/c1-15(20(26)16(2)31(17-7-8-17)23(32)19-14-27-12-13-35-19)21(22-18(25)6-4-9-29-22)28-10-5-11-30-24(33)34-3/h4,6,9,16-17,19,27H,5,7-8,10-14,26H2,1-3H3,(H,30,33)/t16-,19-/m1/s1. The molecule has 1 saturated carbocycles. The molecule has 2 fully saturated rings. The zero-order valence-corrected chi connectivity index (χ0v) is 20.6. The number of allylic oxidation sites excluding steroid dienone is 1. The van der Waals surface area contributed by atoms with Crippen LogP contribution in [0.15, 0.2) is 34.6 Å². The second-order valence-electron chi connectivity index (χ2n) is 8.63. The maximum Gasteiger partial charge on any atom is 0.406 e. The first-order chi connectivity index (χ1) is 16.8. The van der Waals surface area contributed by atoms with E-state index in [0.717, 1.165) is 12.8 Å². The van der Waals surface area contributed by atoms with Crippen LogP contribution in [0.3, 0.4) is 0 Å². The van der Waals surface area contributed by atoms with Crippen molar-refractivity contribution in [3.63, 3.8) is 0 Å². The van der Waals surface area contributed by atoms with Gasteiger partial charge in [0.25, 0.3) is 5.91 Å². The summed E-state index contributed by atoms with van der Waals surface area (Å²) in [6.07, 6.45) is 2.74. The highest BCUT2D eigenvalue weighted by molar-refractivity contribution is 6.11. The number of nitrogens with one attached hydrogen (secondary N) is 2. The number of ether oxygens (including phenoxy) is 2. The molecule has 3 rings (SSSR count). The molecule has 0 spiro atoms. The zero-order valence-electron chi connectivity index (χ0n) is 20.6. The van der Waals surface area contributed by atoms with Crippen LogP contribution in [0.1, 0.15) is 38.8 Å². The monoisotopic (exact) mass is 490 g/mol. The molecule has 10 nitrogen and oxygen atoms in total. The first-order valence-electron chi connectivity index (χ1n) is 11.9. The first kappa shape index (κ1) is 26.6. The molecule has 2 heterocycles. The number of carbonyl (C=O) groups excluding carboxylic acids is 2. The number of alkyl carbamates (subject to hydrolysis) is 1. The average molecular weight is 491 g/mol. The summed E-state index contributed by atoms with van der Waals surface area (Å²) >= 11 is 0. The molecule has 0 bridgehead atoms. The molecule has 1 aliphatic carbocycles. The van der Waals surface area contributed by atoms with Crippen LogP contribution in [-0.2, 0) is 14.3 Å². The lowest BCUT2D eigenvalue weighted by Crippen LogP contribution is -2.53. The van der Waals surface area contributed by atoms with E-state index in [4.69, 9.17) is 10.5 Å². The Balaban J connectivity index is 1.84. The molecule has 4 N–H and O–H groups in total. The zero-order chi connectivity index (χ0) is 25.4. The van der Waals surface area contributed by atoms with Gasteiger partial charge in [-0.3, -0.25) is 14.8 Å². The molecule has 11 heteroatoms. The third kappa shape index (κ3) is 6.98. The molecule has 2 amide bonds. The molecule has 2 atom stereocenters. The summed E-state index contributed by atoms with van der Waals surface area (Å²) in [4.78, 5) is 35.1. The van der Waals surface area contributed by atoms with Crippen LogP contribution in [0.4, 0.5) is 9.18 Å². The molecule has 1 saturated heterocycles. The van der Waals surface area contributed by atoms with Gasteiger partial charge in [-0.05, 0) is 50.8 Å². The van der Waals surface area contributed by atoms with Crippen molar-refractivity contribution in [3.8, 4) is 0 Å². The number of carbonyl (C=O) groups is 2. The van der Waals surface area contributed by atoms with Gasteiger partial charge in [-0.15, -0.1) is 0 Å². The van der Waals surface area contributed by atoms with Crippen molar-refractivity contribution in [2.24, 2.45) is 10.7 Å². The maximum atomic E-state index is 14.7. The number of hydrogen-bond acceptors (Lipinski definition) is 8. The lowest BCUT2D eigenvalue weighted by Gasteiger charge is -2.35. The minimum absolute atomic E-state index is 0.0881. The fourth-order valence-corrected chi connectivity index (χ4v) is 3.99. The molecule has 1 aromatic heterocycles. The highest BCUT2D eigenvalue weighted by Crippen LogP contribution is 2.32. The van der Waals surface area contributed by atoms with E-state index in [-0.39, 0.29) is 17.6 Å². The first-order valence-corrected chi connectivity index (χ1v) is 11.9. The van der Waals surface area contributed by atoms with Gasteiger partial charge in [-0.25, -0.2) is 9.18 Å². The van der Waals surface area contributed by atoms with E-state index in [2.05, 4.69) is 25.3 Å². The number of pyridine rings is 1. The van der Waals surface area contributed by atoms with Gasteiger partial charge in [0.15, 0.2) is 5.82 Å². The van der Waals surface area contributed by atoms with E-state index in [1.54, 1.807) is 11.8 Å². The SMILES string of the molecule is COC(=O)NCCCN=C(C(C)=C(N)[C@@H](C)N(C(=O)[C@H]1CNCCO1)C1CC1)c1ncccc1F. The smallest absolute Gasteiger partial charge is 0.406 e. The van der Waals surface area contributed by atoms with E-state index in [0.29, 0.717) is 56.2 Å². The van der Waals surface area contributed by atoms with Crippen molar-refractivity contribution in [2.45, 2.75) is 51.3 Å². The second kappa shape index (κ2) is 12.6. The van der Waals surface area contributed by atoms with Gasteiger partial charge in [-0.2, -0.15) is 0 Å². The number of nitrogens with zero attached hydrogens (tertiary/aromatic N) is 3. The Hall–Kier alpha value is -3.05. The quantitative estimate of drug-likeness (QED) is 0.333. The van der Waals surface area contributed by atoms with Crippen molar-refractivity contribution in [1.29, 1.82) is 0 Å². The number of morpholine rings is 1. The topological polar surface area (TPSA) is 131 Å². The van der Waals surface area contributed by atoms with Gasteiger partial charge in [0, 0.05) is 44.1 Å². The van der Waals surface area contributed by atoms with Gasteiger partial charge >= 0.3 is 6.09 Å². The third-order valence-corrected chi connectivity index (χ3v) is 6.10. The van der Waals surface area contributed by atoms with Gasteiger partial charge in [-0.1, -0.05) is 0 Å². The Bertz CT molecular complexity index is 959. The summed E-state index contributed by atoms with van der Waals surface area (Å²) in [6.45, 7) is 5.95. The van der Waals surface area contributed by atoms with Crippen LogP contribution in [0.2, 0.25) is 0 Å². The van der Waals surface area contributed by atoms with Gasteiger partial charge in [0.2, 0.25) is 0 Å². The lowest BCUT2D eigenvalue weighted by molar-refractivity contribution is -0.147. The fourth-order valence-electron chi connectivity index (χ4n) is 3.99. The van der Waals surface area contributed by atoms with Crippen molar-refractivity contribution in [3.05, 3.63) is 41.1 Å². The molecule has 2 aliphatic rings. The molecule has 1 aliphatic heterocycles. The van der Waals surface area contributed by atoms with Gasteiger partial charge in [0.1, 0.15) is 11.8 Å².